The minimum absolute atomic E-state index is 0.173. The number of hydrogen-bond donors (Lipinski definition) is 2. The minimum atomic E-state index is -0.312. The minimum Gasteiger partial charge on any atom is -0.396 e. The van der Waals surface area contributed by atoms with Crippen LogP contribution in [0.1, 0.15) is 54.9 Å². The van der Waals surface area contributed by atoms with E-state index in [1.54, 1.807) is 11.3 Å². The summed E-state index contributed by atoms with van der Waals surface area (Å²) in [6.45, 7) is 0.832. The Morgan fingerprint density at radius 3 is 2.52 bits per heavy atom. The number of carbonyl (C=O) groups is 1. The summed E-state index contributed by atoms with van der Waals surface area (Å²) in [4.78, 5) is 14.2. The van der Waals surface area contributed by atoms with E-state index in [1.807, 2.05) is 24.3 Å². The van der Waals surface area contributed by atoms with Gasteiger partial charge in [0.1, 0.15) is 0 Å². The summed E-state index contributed by atoms with van der Waals surface area (Å²) in [7, 11) is 0. The average Bonchev–Trinajstić information content (AvgIpc) is 3.33. The summed E-state index contributed by atoms with van der Waals surface area (Å²) in [6, 6.07) is 14.4. The van der Waals surface area contributed by atoms with Crippen LogP contribution in [0, 0.1) is 0 Å². The highest BCUT2D eigenvalue weighted by Crippen LogP contribution is 2.43. The summed E-state index contributed by atoms with van der Waals surface area (Å²) in [6.07, 6.45) is 5.76. The zero-order valence-corrected chi connectivity index (χ0v) is 15.4. The van der Waals surface area contributed by atoms with E-state index in [0.29, 0.717) is 6.54 Å². The van der Waals surface area contributed by atoms with Crippen molar-refractivity contribution >= 4 is 17.2 Å². The SMILES string of the molecule is O=C(NCCC(CCO)c1ccccc1)C1(c2cccs2)CCCC1. The zero-order chi connectivity index (χ0) is 17.5. The van der Waals surface area contributed by atoms with Crippen molar-refractivity contribution in [1.82, 2.24) is 5.32 Å². The van der Waals surface area contributed by atoms with Crippen LogP contribution in [0.15, 0.2) is 47.8 Å². The third-order valence-electron chi connectivity index (χ3n) is 5.41. The van der Waals surface area contributed by atoms with Gasteiger partial charge in [-0.25, -0.2) is 0 Å². The van der Waals surface area contributed by atoms with E-state index in [2.05, 4.69) is 28.9 Å². The molecule has 3 nitrogen and oxygen atoms in total. The first-order chi connectivity index (χ1) is 12.3. The molecule has 2 N–H and O–H groups in total. The number of thiophene rings is 1. The number of aliphatic hydroxyl groups excluding tert-OH is 1. The second kappa shape index (κ2) is 8.63. The van der Waals surface area contributed by atoms with Crippen LogP contribution < -0.4 is 5.32 Å². The molecule has 4 heteroatoms. The lowest BCUT2D eigenvalue weighted by Crippen LogP contribution is -2.42. The summed E-state index contributed by atoms with van der Waals surface area (Å²) in [5.74, 6) is 0.469. The van der Waals surface area contributed by atoms with Gasteiger partial charge in [-0.3, -0.25) is 4.79 Å². The van der Waals surface area contributed by atoms with E-state index in [4.69, 9.17) is 0 Å². The molecule has 1 heterocycles. The highest BCUT2D eigenvalue weighted by molar-refractivity contribution is 7.10. The third kappa shape index (κ3) is 4.13. The van der Waals surface area contributed by atoms with Crippen molar-refractivity contribution in [2.45, 2.75) is 49.9 Å². The van der Waals surface area contributed by atoms with Crippen LogP contribution in [0.4, 0.5) is 0 Å². The smallest absolute Gasteiger partial charge is 0.231 e. The van der Waals surface area contributed by atoms with Crippen LogP contribution in [-0.4, -0.2) is 24.2 Å². The number of aliphatic hydroxyl groups is 1. The van der Waals surface area contributed by atoms with Crippen molar-refractivity contribution in [2.75, 3.05) is 13.2 Å². The topological polar surface area (TPSA) is 49.3 Å². The Kier molecular flexibility index (Phi) is 6.27. The fourth-order valence-corrected chi connectivity index (χ4v) is 4.99. The molecule has 1 aliphatic rings. The van der Waals surface area contributed by atoms with Crippen LogP contribution in [0.5, 0.6) is 0 Å². The molecule has 0 radical (unpaired) electrons. The molecule has 1 saturated carbocycles. The maximum Gasteiger partial charge on any atom is 0.231 e. The zero-order valence-electron chi connectivity index (χ0n) is 14.6. The molecule has 1 atom stereocenters. The maximum absolute atomic E-state index is 13.0. The van der Waals surface area contributed by atoms with E-state index in [1.165, 1.54) is 10.4 Å². The van der Waals surface area contributed by atoms with Gasteiger partial charge in [-0.1, -0.05) is 49.2 Å². The van der Waals surface area contributed by atoms with Gasteiger partial charge < -0.3 is 10.4 Å². The second-order valence-electron chi connectivity index (χ2n) is 6.93. The van der Waals surface area contributed by atoms with Gasteiger partial charge >= 0.3 is 0 Å². The number of rotatable bonds is 8. The van der Waals surface area contributed by atoms with Crippen molar-refractivity contribution in [3.05, 3.63) is 58.3 Å². The summed E-state index contributed by atoms with van der Waals surface area (Å²) in [5.41, 5.74) is 0.924. The van der Waals surface area contributed by atoms with Gasteiger partial charge in [0.2, 0.25) is 5.91 Å². The van der Waals surface area contributed by atoms with Crippen LogP contribution >= 0.6 is 11.3 Å². The number of benzene rings is 1. The molecule has 1 amide bonds. The van der Waals surface area contributed by atoms with Crippen molar-refractivity contribution in [1.29, 1.82) is 0 Å². The molecular formula is C21H27NO2S. The number of carbonyl (C=O) groups excluding carboxylic acids is 1. The Bertz CT molecular complexity index is 648. The van der Waals surface area contributed by atoms with Crippen LogP contribution in [0.3, 0.4) is 0 Å². The molecule has 1 unspecified atom stereocenters. The van der Waals surface area contributed by atoms with E-state index in [-0.39, 0.29) is 23.8 Å². The fraction of sp³-hybridized carbons (Fsp3) is 0.476. The van der Waals surface area contributed by atoms with Crippen LogP contribution in [-0.2, 0) is 10.2 Å². The lowest BCUT2D eigenvalue weighted by molar-refractivity contribution is -0.126. The molecule has 0 bridgehead atoms. The van der Waals surface area contributed by atoms with Gasteiger partial charge in [0.05, 0.1) is 5.41 Å². The number of amides is 1. The third-order valence-corrected chi connectivity index (χ3v) is 6.49. The monoisotopic (exact) mass is 357 g/mol. The van der Waals surface area contributed by atoms with E-state index in [9.17, 15) is 9.90 Å². The van der Waals surface area contributed by atoms with Crippen molar-refractivity contribution < 1.29 is 9.90 Å². The molecule has 1 aliphatic carbocycles. The van der Waals surface area contributed by atoms with Crippen molar-refractivity contribution in [2.24, 2.45) is 0 Å². The van der Waals surface area contributed by atoms with Gasteiger partial charge in [-0.05, 0) is 48.6 Å². The van der Waals surface area contributed by atoms with Gasteiger partial charge in [0, 0.05) is 18.0 Å². The molecular weight excluding hydrogens is 330 g/mol. The predicted molar refractivity (Wildman–Crippen MR) is 103 cm³/mol. The molecule has 2 aromatic rings. The van der Waals surface area contributed by atoms with E-state index in [0.717, 1.165) is 38.5 Å². The summed E-state index contributed by atoms with van der Waals surface area (Å²) in [5, 5.41) is 14.6. The van der Waals surface area contributed by atoms with E-state index < -0.39 is 0 Å². The highest BCUT2D eigenvalue weighted by Gasteiger charge is 2.43. The van der Waals surface area contributed by atoms with Gasteiger partial charge in [-0.15, -0.1) is 11.3 Å². The Morgan fingerprint density at radius 2 is 1.88 bits per heavy atom. The first-order valence-electron chi connectivity index (χ1n) is 9.24. The number of hydrogen-bond acceptors (Lipinski definition) is 3. The Labute approximate surface area is 154 Å². The van der Waals surface area contributed by atoms with Gasteiger partial charge in [-0.2, -0.15) is 0 Å². The maximum atomic E-state index is 13.0. The lowest BCUT2D eigenvalue weighted by atomic mass is 9.83. The van der Waals surface area contributed by atoms with E-state index >= 15 is 0 Å². The second-order valence-corrected chi connectivity index (χ2v) is 7.88. The quantitative estimate of drug-likeness (QED) is 0.743. The molecule has 0 aliphatic heterocycles. The summed E-state index contributed by atoms with van der Waals surface area (Å²) < 4.78 is 0. The molecule has 0 spiro atoms. The first kappa shape index (κ1) is 18.2. The molecule has 25 heavy (non-hydrogen) atoms. The predicted octanol–water partition coefficient (Wildman–Crippen LogP) is 4.23. The molecule has 3 rings (SSSR count). The standard InChI is InChI=1S/C21H27NO2S/c23-15-11-18(17-7-2-1-3-8-17)10-14-22-20(24)21(12-4-5-13-21)19-9-6-16-25-19/h1-3,6-9,16,18,23H,4-5,10-15H2,(H,22,24). The highest BCUT2D eigenvalue weighted by atomic mass is 32.1. The first-order valence-corrected chi connectivity index (χ1v) is 10.1. The number of nitrogens with one attached hydrogen (secondary N) is 1. The summed E-state index contributed by atoms with van der Waals surface area (Å²) >= 11 is 1.70. The lowest BCUT2D eigenvalue weighted by Gasteiger charge is -2.27. The Balaban J connectivity index is 1.61. The molecule has 0 saturated heterocycles. The fourth-order valence-electron chi connectivity index (χ4n) is 4.00. The largest absolute Gasteiger partial charge is 0.396 e. The normalized spacial score (nSPS) is 17.3. The molecule has 1 aromatic carbocycles. The van der Waals surface area contributed by atoms with Crippen molar-refractivity contribution in [3.8, 4) is 0 Å². The Hall–Kier alpha value is -1.65. The van der Waals surface area contributed by atoms with Gasteiger partial charge in [0.25, 0.3) is 0 Å². The molecule has 134 valence electrons. The van der Waals surface area contributed by atoms with Crippen LogP contribution in [0.25, 0.3) is 0 Å². The Morgan fingerprint density at radius 1 is 1.12 bits per heavy atom. The average molecular weight is 358 g/mol. The molecule has 1 fully saturated rings. The van der Waals surface area contributed by atoms with Gasteiger partial charge in [0.15, 0.2) is 0 Å². The molecule has 1 aromatic heterocycles. The van der Waals surface area contributed by atoms with Crippen molar-refractivity contribution in [3.63, 3.8) is 0 Å². The van der Waals surface area contributed by atoms with Crippen LogP contribution in [0.2, 0.25) is 0 Å².